The number of benzene rings is 1. The SMILES string of the molecule is C#CCCCNc1ccc(F)c(C)c1. The molecular formula is C12H14FN. The Morgan fingerprint density at radius 3 is 2.93 bits per heavy atom. The van der Waals surface area contributed by atoms with Crippen LogP contribution in [0.4, 0.5) is 10.1 Å². The van der Waals surface area contributed by atoms with Gasteiger partial charge >= 0.3 is 0 Å². The predicted octanol–water partition coefficient (Wildman–Crippen LogP) is 2.96. The van der Waals surface area contributed by atoms with Crippen molar-refractivity contribution in [1.82, 2.24) is 0 Å². The van der Waals surface area contributed by atoms with Gasteiger partial charge in [-0.25, -0.2) is 4.39 Å². The van der Waals surface area contributed by atoms with Gasteiger partial charge in [-0.05, 0) is 37.1 Å². The van der Waals surface area contributed by atoms with Gasteiger partial charge in [0.05, 0.1) is 0 Å². The fourth-order valence-corrected chi connectivity index (χ4v) is 1.18. The molecule has 1 nitrogen and oxygen atoms in total. The van der Waals surface area contributed by atoms with Crippen molar-refractivity contribution >= 4 is 5.69 Å². The smallest absolute Gasteiger partial charge is 0.126 e. The molecule has 0 heterocycles. The first-order valence-corrected chi connectivity index (χ1v) is 4.67. The van der Waals surface area contributed by atoms with E-state index in [-0.39, 0.29) is 5.82 Å². The van der Waals surface area contributed by atoms with Gasteiger partial charge in [0.1, 0.15) is 5.82 Å². The Hall–Kier alpha value is -1.49. The van der Waals surface area contributed by atoms with E-state index < -0.39 is 0 Å². The third kappa shape index (κ3) is 3.10. The minimum Gasteiger partial charge on any atom is -0.385 e. The number of nitrogens with one attached hydrogen (secondary N) is 1. The Morgan fingerprint density at radius 1 is 1.50 bits per heavy atom. The molecule has 0 aliphatic rings. The summed E-state index contributed by atoms with van der Waals surface area (Å²) in [5.74, 6) is 2.41. The molecule has 2 heteroatoms. The normalized spacial score (nSPS) is 9.50. The third-order valence-corrected chi connectivity index (χ3v) is 1.98. The molecule has 0 radical (unpaired) electrons. The van der Waals surface area contributed by atoms with Gasteiger partial charge in [0.25, 0.3) is 0 Å². The second kappa shape index (κ2) is 5.29. The topological polar surface area (TPSA) is 12.0 Å². The first-order valence-electron chi connectivity index (χ1n) is 4.67. The molecule has 1 aromatic rings. The Kier molecular flexibility index (Phi) is 4.00. The summed E-state index contributed by atoms with van der Waals surface area (Å²) < 4.78 is 12.9. The van der Waals surface area contributed by atoms with E-state index in [1.54, 1.807) is 19.1 Å². The van der Waals surface area contributed by atoms with Crippen LogP contribution in [0.15, 0.2) is 18.2 Å². The maximum atomic E-state index is 12.9. The quantitative estimate of drug-likeness (QED) is 0.570. The van der Waals surface area contributed by atoms with Crippen molar-refractivity contribution in [2.45, 2.75) is 19.8 Å². The number of anilines is 1. The summed E-state index contributed by atoms with van der Waals surface area (Å²) in [5, 5.41) is 3.19. The molecule has 74 valence electrons. The lowest BCUT2D eigenvalue weighted by atomic mass is 10.2. The molecule has 0 aliphatic heterocycles. The number of aryl methyl sites for hydroxylation is 1. The highest BCUT2D eigenvalue weighted by atomic mass is 19.1. The molecular weight excluding hydrogens is 177 g/mol. The summed E-state index contributed by atoms with van der Waals surface area (Å²) in [7, 11) is 0. The maximum Gasteiger partial charge on any atom is 0.126 e. The van der Waals surface area contributed by atoms with Crippen LogP contribution < -0.4 is 5.32 Å². The lowest BCUT2D eigenvalue weighted by Crippen LogP contribution is -2.01. The van der Waals surface area contributed by atoms with Crippen molar-refractivity contribution in [2.24, 2.45) is 0 Å². The van der Waals surface area contributed by atoms with Crippen LogP contribution in [0.25, 0.3) is 0 Å². The van der Waals surface area contributed by atoms with E-state index in [1.807, 2.05) is 0 Å². The summed E-state index contributed by atoms with van der Waals surface area (Å²) in [4.78, 5) is 0. The lowest BCUT2D eigenvalue weighted by Gasteiger charge is -2.06. The summed E-state index contributed by atoms with van der Waals surface area (Å²) in [5.41, 5.74) is 1.60. The Bertz CT molecular complexity index is 339. The second-order valence-electron chi connectivity index (χ2n) is 3.20. The van der Waals surface area contributed by atoms with Crippen LogP contribution in [0.5, 0.6) is 0 Å². The van der Waals surface area contributed by atoms with Gasteiger partial charge in [0, 0.05) is 18.7 Å². The molecule has 0 bridgehead atoms. The van der Waals surface area contributed by atoms with Gasteiger partial charge in [-0.3, -0.25) is 0 Å². The largest absolute Gasteiger partial charge is 0.385 e. The number of halogens is 1. The van der Waals surface area contributed by atoms with Gasteiger partial charge < -0.3 is 5.32 Å². The zero-order valence-electron chi connectivity index (χ0n) is 8.31. The number of unbranched alkanes of at least 4 members (excludes halogenated alkanes) is 1. The summed E-state index contributed by atoms with van der Waals surface area (Å²) in [6.07, 6.45) is 6.83. The van der Waals surface area contributed by atoms with Gasteiger partial charge in [-0.1, -0.05) is 0 Å². The second-order valence-corrected chi connectivity index (χ2v) is 3.20. The van der Waals surface area contributed by atoms with Gasteiger partial charge in [-0.2, -0.15) is 0 Å². The molecule has 1 N–H and O–H groups in total. The molecule has 0 saturated carbocycles. The Labute approximate surface area is 84.3 Å². The molecule has 1 aromatic carbocycles. The van der Waals surface area contributed by atoms with E-state index in [1.165, 1.54) is 6.07 Å². The van der Waals surface area contributed by atoms with Crippen LogP contribution in [-0.4, -0.2) is 6.54 Å². The zero-order valence-corrected chi connectivity index (χ0v) is 8.31. The van der Waals surface area contributed by atoms with E-state index >= 15 is 0 Å². The molecule has 1 rings (SSSR count). The van der Waals surface area contributed by atoms with Crippen molar-refractivity contribution in [2.75, 3.05) is 11.9 Å². The molecule has 0 atom stereocenters. The highest BCUT2D eigenvalue weighted by Crippen LogP contribution is 2.13. The summed E-state index contributed by atoms with van der Waals surface area (Å²) in [6.45, 7) is 2.58. The van der Waals surface area contributed by atoms with Crippen molar-refractivity contribution in [3.05, 3.63) is 29.6 Å². The van der Waals surface area contributed by atoms with E-state index in [4.69, 9.17) is 6.42 Å². The number of terminal acetylenes is 1. The van der Waals surface area contributed by atoms with Crippen LogP contribution in [0.2, 0.25) is 0 Å². The molecule has 0 spiro atoms. The maximum absolute atomic E-state index is 12.9. The minimum absolute atomic E-state index is 0.167. The number of hydrogen-bond acceptors (Lipinski definition) is 1. The molecule has 0 aliphatic carbocycles. The lowest BCUT2D eigenvalue weighted by molar-refractivity contribution is 0.618. The average molecular weight is 191 g/mol. The molecule has 0 saturated heterocycles. The predicted molar refractivity (Wildman–Crippen MR) is 57.7 cm³/mol. The molecule has 0 aromatic heterocycles. The van der Waals surface area contributed by atoms with Gasteiger partial charge in [0.2, 0.25) is 0 Å². The first-order chi connectivity index (χ1) is 6.74. The molecule has 14 heavy (non-hydrogen) atoms. The standard InChI is InChI=1S/C12H14FN/c1-3-4-5-8-14-11-6-7-12(13)10(2)9-11/h1,6-7,9,14H,4-5,8H2,2H3. The van der Waals surface area contributed by atoms with Crippen LogP contribution in [-0.2, 0) is 0 Å². The van der Waals surface area contributed by atoms with E-state index in [0.29, 0.717) is 5.56 Å². The third-order valence-electron chi connectivity index (χ3n) is 1.98. The summed E-state index contributed by atoms with van der Waals surface area (Å²) in [6, 6.07) is 5.00. The Balaban J connectivity index is 2.44. The van der Waals surface area contributed by atoms with Crippen molar-refractivity contribution in [3.8, 4) is 12.3 Å². The van der Waals surface area contributed by atoms with Crippen molar-refractivity contribution in [1.29, 1.82) is 0 Å². The van der Waals surface area contributed by atoms with E-state index in [9.17, 15) is 4.39 Å². The van der Waals surface area contributed by atoms with Gasteiger partial charge in [-0.15, -0.1) is 12.3 Å². The number of rotatable bonds is 4. The van der Waals surface area contributed by atoms with E-state index in [2.05, 4.69) is 11.2 Å². The van der Waals surface area contributed by atoms with Crippen molar-refractivity contribution < 1.29 is 4.39 Å². The molecule has 0 amide bonds. The Morgan fingerprint density at radius 2 is 2.29 bits per heavy atom. The average Bonchev–Trinajstić information content (AvgIpc) is 2.18. The van der Waals surface area contributed by atoms with Crippen LogP contribution >= 0.6 is 0 Å². The molecule has 0 fully saturated rings. The van der Waals surface area contributed by atoms with Crippen LogP contribution in [0.1, 0.15) is 18.4 Å². The van der Waals surface area contributed by atoms with Crippen LogP contribution in [0.3, 0.4) is 0 Å². The number of hydrogen-bond donors (Lipinski definition) is 1. The summed E-state index contributed by atoms with van der Waals surface area (Å²) >= 11 is 0. The monoisotopic (exact) mass is 191 g/mol. The van der Waals surface area contributed by atoms with Crippen molar-refractivity contribution in [3.63, 3.8) is 0 Å². The first kappa shape index (κ1) is 10.6. The highest BCUT2D eigenvalue weighted by Gasteiger charge is 1.97. The highest BCUT2D eigenvalue weighted by molar-refractivity contribution is 5.45. The van der Waals surface area contributed by atoms with Crippen LogP contribution in [0, 0.1) is 25.1 Å². The van der Waals surface area contributed by atoms with Gasteiger partial charge in [0.15, 0.2) is 0 Å². The fraction of sp³-hybridized carbons (Fsp3) is 0.333. The fourth-order valence-electron chi connectivity index (χ4n) is 1.18. The zero-order chi connectivity index (χ0) is 10.4. The van der Waals surface area contributed by atoms with E-state index in [0.717, 1.165) is 25.1 Å². The minimum atomic E-state index is -0.167. The molecule has 0 unspecified atom stereocenters.